The first-order valence-electron chi connectivity index (χ1n) is 13.1. The normalized spacial score (nSPS) is 40.2. The van der Waals surface area contributed by atoms with Crippen molar-refractivity contribution in [3.63, 3.8) is 0 Å². The van der Waals surface area contributed by atoms with Crippen LogP contribution in [-0.2, 0) is 4.79 Å². The van der Waals surface area contributed by atoms with Crippen LogP contribution in [0.4, 0.5) is 0 Å². The third-order valence-corrected chi connectivity index (χ3v) is 10.5. The van der Waals surface area contributed by atoms with Gasteiger partial charge >= 0.3 is 0 Å². The van der Waals surface area contributed by atoms with Gasteiger partial charge in [0.2, 0.25) is 0 Å². The van der Waals surface area contributed by atoms with Crippen molar-refractivity contribution in [2.24, 2.45) is 46.3 Å². The SMILES string of the molecule is CC[C@@H](CC[C@@H](C)[C@H]1CC[C@H]2C3=CCC4CC(=O)CC[C@]4(C)C3=CC[C@]12C)C(C)C. The summed E-state index contributed by atoms with van der Waals surface area (Å²) in [6.45, 7) is 14.8. The molecule has 0 spiro atoms. The van der Waals surface area contributed by atoms with Crippen LogP contribution in [0.5, 0.6) is 0 Å². The average molecular weight is 411 g/mol. The summed E-state index contributed by atoms with van der Waals surface area (Å²) in [4.78, 5) is 12.1. The van der Waals surface area contributed by atoms with Crippen LogP contribution < -0.4 is 0 Å². The molecule has 0 amide bonds. The molecule has 0 N–H and O–H groups in total. The van der Waals surface area contributed by atoms with Crippen molar-refractivity contribution in [2.45, 2.75) is 106 Å². The summed E-state index contributed by atoms with van der Waals surface area (Å²) in [5.74, 6) is 5.22. The zero-order valence-electron chi connectivity index (χ0n) is 20.6. The van der Waals surface area contributed by atoms with Gasteiger partial charge in [-0.3, -0.25) is 4.79 Å². The van der Waals surface area contributed by atoms with Crippen molar-refractivity contribution >= 4 is 5.78 Å². The number of allylic oxidation sites excluding steroid dienone is 4. The van der Waals surface area contributed by atoms with E-state index in [-0.39, 0.29) is 5.41 Å². The number of hydrogen-bond acceptors (Lipinski definition) is 1. The van der Waals surface area contributed by atoms with Crippen LogP contribution in [0.1, 0.15) is 106 Å². The number of ketones is 1. The summed E-state index contributed by atoms with van der Waals surface area (Å²) < 4.78 is 0. The summed E-state index contributed by atoms with van der Waals surface area (Å²) >= 11 is 0. The lowest BCUT2D eigenvalue weighted by Crippen LogP contribution is -2.44. The third-order valence-electron chi connectivity index (χ3n) is 10.5. The zero-order valence-corrected chi connectivity index (χ0v) is 20.6. The lowest BCUT2D eigenvalue weighted by molar-refractivity contribution is -0.124. The molecule has 4 rings (SSSR count). The molecular formula is C29H46O. The molecule has 7 atom stereocenters. The Bertz CT molecular complexity index is 727. The highest BCUT2D eigenvalue weighted by Gasteiger charge is 2.55. The van der Waals surface area contributed by atoms with Gasteiger partial charge in [-0.1, -0.05) is 66.5 Å². The van der Waals surface area contributed by atoms with E-state index in [1.807, 2.05) is 0 Å². The highest BCUT2D eigenvalue weighted by molar-refractivity contribution is 5.80. The molecule has 1 heteroatoms. The Morgan fingerprint density at radius 3 is 2.57 bits per heavy atom. The Kier molecular flexibility index (Phi) is 6.15. The first-order valence-corrected chi connectivity index (χ1v) is 13.1. The van der Waals surface area contributed by atoms with Gasteiger partial charge in [-0.2, -0.15) is 0 Å². The van der Waals surface area contributed by atoms with Crippen LogP contribution in [-0.4, -0.2) is 5.78 Å². The largest absolute Gasteiger partial charge is 0.300 e. The molecule has 0 bridgehead atoms. The molecule has 168 valence electrons. The Morgan fingerprint density at radius 2 is 1.87 bits per heavy atom. The Hall–Kier alpha value is -0.850. The number of fused-ring (bicyclic) bond motifs is 5. The van der Waals surface area contributed by atoms with E-state index in [0.29, 0.717) is 17.1 Å². The topological polar surface area (TPSA) is 17.1 Å². The minimum Gasteiger partial charge on any atom is -0.300 e. The Labute approximate surface area is 186 Å². The van der Waals surface area contributed by atoms with E-state index in [9.17, 15) is 4.79 Å². The van der Waals surface area contributed by atoms with Crippen LogP contribution in [0.2, 0.25) is 0 Å². The molecule has 1 unspecified atom stereocenters. The monoisotopic (exact) mass is 410 g/mol. The van der Waals surface area contributed by atoms with Gasteiger partial charge in [0, 0.05) is 12.8 Å². The molecule has 0 heterocycles. The molecule has 4 aliphatic carbocycles. The second kappa shape index (κ2) is 8.25. The summed E-state index contributed by atoms with van der Waals surface area (Å²) in [5, 5.41) is 0. The summed E-state index contributed by atoms with van der Waals surface area (Å²) in [5.41, 5.74) is 4.07. The van der Waals surface area contributed by atoms with Crippen molar-refractivity contribution in [3.8, 4) is 0 Å². The van der Waals surface area contributed by atoms with Crippen molar-refractivity contribution in [3.05, 3.63) is 23.3 Å². The van der Waals surface area contributed by atoms with Crippen molar-refractivity contribution in [1.29, 1.82) is 0 Å². The van der Waals surface area contributed by atoms with Crippen molar-refractivity contribution in [2.75, 3.05) is 0 Å². The van der Waals surface area contributed by atoms with Gasteiger partial charge in [-0.05, 0) is 96.0 Å². The van der Waals surface area contributed by atoms with E-state index in [2.05, 4.69) is 53.7 Å². The smallest absolute Gasteiger partial charge is 0.133 e. The van der Waals surface area contributed by atoms with Gasteiger partial charge in [-0.15, -0.1) is 0 Å². The lowest BCUT2D eigenvalue weighted by Gasteiger charge is -2.52. The maximum atomic E-state index is 12.1. The summed E-state index contributed by atoms with van der Waals surface area (Å²) in [7, 11) is 0. The van der Waals surface area contributed by atoms with Crippen LogP contribution in [0.3, 0.4) is 0 Å². The molecule has 2 saturated carbocycles. The third kappa shape index (κ3) is 3.57. The van der Waals surface area contributed by atoms with E-state index >= 15 is 0 Å². The van der Waals surface area contributed by atoms with Gasteiger partial charge < -0.3 is 0 Å². The molecular weight excluding hydrogens is 364 g/mol. The Balaban J connectivity index is 1.52. The molecule has 2 fully saturated rings. The first kappa shape index (κ1) is 22.3. The highest BCUT2D eigenvalue weighted by atomic mass is 16.1. The van der Waals surface area contributed by atoms with Crippen LogP contribution in [0.25, 0.3) is 0 Å². The number of hydrogen-bond donors (Lipinski definition) is 0. The standard InChI is InChI=1S/C29H46O/c1-7-21(19(2)3)9-8-20(4)25-12-13-26-24-11-10-22-18-23(30)14-16-28(22,5)27(24)15-17-29(25,26)6/h11,15,19-22,25-26H,7-10,12-14,16-18H2,1-6H3/t20-,21+,22?,25-,26+,28+,29-/m1/s1. The van der Waals surface area contributed by atoms with E-state index in [1.54, 1.807) is 11.1 Å². The van der Waals surface area contributed by atoms with Crippen LogP contribution in [0, 0.1) is 46.3 Å². The molecule has 0 aromatic carbocycles. The van der Waals surface area contributed by atoms with Crippen LogP contribution >= 0.6 is 0 Å². The van der Waals surface area contributed by atoms with E-state index < -0.39 is 0 Å². The molecule has 30 heavy (non-hydrogen) atoms. The van der Waals surface area contributed by atoms with Gasteiger partial charge in [-0.25, -0.2) is 0 Å². The molecule has 4 aliphatic rings. The molecule has 1 nitrogen and oxygen atoms in total. The fourth-order valence-corrected chi connectivity index (χ4v) is 8.31. The lowest BCUT2D eigenvalue weighted by atomic mass is 9.52. The minimum absolute atomic E-state index is 0.259. The van der Waals surface area contributed by atoms with Gasteiger partial charge in [0.15, 0.2) is 0 Å². The molecule has 0 saturated heterocycles. The van der Waals surface area contributed by atoms with Crippen molar-refractivity contribution in [1.82, 2.24) is 0 Å². The molecule has 0 aromatic heterocycles. The fraction of sp³-hybridized carbons (Fsp3) is 0.828. The summed E-state index contributed by atoms with van der Waals surface area (Å²) in [6.07, 6.45) is 17.3. The number of Topliss-reactive ketones (excluding diaryl/α,β-unsaturated/α-hetero) is 1. The van der Waals surface area contributed by atoms with Gasteiger partial charge in [0.1, 0.15) is 5.78 Å². The maximum absolute atomic E-state index is 12.1. The van der Waals surface area contributed by atoms with Crippen LogP contribution in [0.15, 0.2) is 23.3 Å². The van der Waals surface area contributed by atoms with Gasteiger partial charge in [0.05, 0.1) is 0 Å². The van der Waals surface area contributed by atoms with Crippen molar-refractivity contribution < 1.29 is 4.79 Å². The predicted molar refractivity (Wildman–Crippen MR) is 127 cm³/mol. The van der Waals surface area contributed by atoms with E-state index in [0.717, 1.165) is 55.3 Å². The average Bonchev–Trinajstić information content (AvgIpc) is 3.06. The number of carbonyl (C=O) groups excluding carboxylic acids is 1. The first-order chi connectivity index (χ1) is 14.2. The molecule has 0 aliphatic heterocycles. The number of rotatable bonds is 6. The molecule has 0 aromatic rings. The second-order valence-corrected chi connectivity index (χ2v) is 12.3. The number of carbonyl (C=O) groups is 1. The minimum atomic E-state index is 0.259. The Morgan fingerprint density at radius 1 is 1.10 bits per heavy atom. The van der Waals surface area contributed by atoms with E-state index in [1.165, 1.54) is 38.5 Å². The fourth-order valence-electron chi connectivity index (χ4n) is 8.31. The quantitative estimate of drug-likeness (QED) is 0.431. The predicted octanol–water partition coefficient (Wildman–Crippen LogP) is 8.15. The second-order valence-electron chi connectivity index (χ2n) is 12.3. The highest BCUT2D eigenvalue weighted by Crippen LogP contribution is 2.64. The van der Waals surface area contributed by atoms with E-state index in [4.69, 9.17) is 0 Å². The zero-order chi connectivity index (χ0) is 21.7. The van der Waals surface area contributed by atoms with Gasteiger partial charge in [0.25, 0.3) is 0 Å². The molecule has 0 radical (unpaired) electrons. The maximum Gasteiger partial charge on any atom is 0.133 e. The summed E-state index contributed by atoms with van der Waals surface area (Å²) in [6, 6.07) is 0.